The third-order valence-corrected chi connectivity index (χ3v) is 3.64. The molecular weight excluding hydrogens is 337 g/mol. The van der Waals surface area contributed by atoms with Gasteiger partial charge in [-0.1, -0.05) is 0 Å². The Morgan fingerprint density at radius 1 is 1.50 bits per heavy atom. The van der Waals surface area contributed by atoms with Gasteiger partial charge >= 0.3 is 107 Å². The van der Waals surface area contributed by atoms with Crippen molar-refractivity contribution in [3.63, 3.8) is 0 Å². The predicted molar refractivity (Wildman–Crippen MR) is 64.4 cm³/mol. The number of ketones is 1. The van der Waals surface area contributed by atoms with Crippen molar-refractivity contribution in [2.75, 3.05) is 0 Å². The fourth-order valence-electron chi connectivity index (χ4n) is 1.32. The molecule has 0 N–H and O–H groups in total. The van der Waals surface area contributed by atoms with Gasteiger partial charge in [-0.15, -0.1) is 0 Å². The van der Waals surface area contributed by atoms with Crippen LogP contribution in [-0.2, 0) is 0 Å². The van der Waals surface area contributed by atoms with Crippen molar-refractivity contribution in [2.45, 2.75) is 5.32 Å². The van der Waals surface area contributed by atoms with E-state index in [2.05, 4.69) is 15.9 Å². The summed E-state index contributed by atoms with van der Waals surface area (Å²) in [7, 11) is 0. The number of carbonyl (C=O) groups excluding carboxylic acids is 1. The number of benzene rings is 1. The molecule has 0 aliphatic carbocycles. The Bertz CT molecular complexity index is 585. The van der Waals surface area contributed by atoms with E-state index in [1.165, 1.54) is 0 Å². The SMILES string of the molecule is N#C[Se]CC(=O)c1cc2cc(Br)ccc2o1. The van der Waals surface area contributed by atoms with Crippen LogP contribution in [0.5, 0.6) is 0 Å². The van der Waals surface area contributed by atoms with E-state index < -0.39 is 0 Å². The summed E-state index contributed by atoms with van der Waals surface area (Å²) in [6, 6.07) is 7.28. The molecule has 0 radical (unpaired) electrons. The molecule has 0 aliphatic heterocycles. The minimum atomic E-state index is -0.295. The monoisotopic (exact) mass is 343 g/mol. The maximum atomic E-state index is 11.6. The van der Waals surface area contributed by atoms with Gasteiger partial charge in [0.05, 0.1) is 0 Å². The molecule has 0 fully saturated rings. The fourth-order valence-corrected chi connectivity index (χ4v) is 2.41. The summed E-state index contributed by atoms with van der Waals surface area (Å²) < 4.78 is 6.36. The molecule has 2 rings (SSSR count). The van der Waals surface area contributed by atoms with Crippen LogP contribution in [0.1, 0.15) is 10.6 Å². The van der Waals surface area contributed by atoms with Gasteiger partial charge in [0.25, 0.3) is 0 Å². The van der Waals surface area contributed by atoms with Crippen LogP contribution in [0.15, 0.2) is 33.2 Å². The van der Waals surface area contributed by atoms with Crippen molar-refractivity contribution in [1.82, 2.24) is 0 Å². The Morgan fingerprint density at radius 2 is 2.31 bits per heavy atom. The molecule has 2 aromatic rings. The van der Waals surface area contributed by atoms with Crippen LogP contribution in [0, 0.1) is 10.2 Å². The number of carbonyl (C=O) groups is 1. The Labute approximate surface area is 107 Å². The van der Waals surface area contributed by atoms with E-state index in [1.807, 2.05) is 23.2 Å². The first kappa shape index (κ1) is 11.4. The molecule has 0 saturated carbocycles. The van der Waals surface area contributed by atoms with Crippen LogP contribution in [-0.4, -0.2) is 20.7 Å². The zero-order chi connectivity index (χ0) is 11.5. The molecular formula is C11H6BrNO2Se. The quantitative estimate of drug-likeness (QED) is 0.636. The number of Topliss-reactive ketones (excluding diaryl/α,β-unsaturated/α-hetero) is 1. The standard InChI is InChI=1S/C11H6BrNO2Se/c12-8-1-2-10-7(3-8)4-11(15-10)9(14)5-16-6-13/h1-4H,5H2. The molecule has 0 bridgehead atoms. The maximum absolute atomic E-state index is 11.6. The van der Waals surface area contributed by atoms with E-state index >= 15 is 0 Å². The second-order valence-corrected chi connectivity index (χ2v) is 5.61. The number of nitriles is 1. The van der Waals surface area contributed by atoms with E-state index in [0.717, 1.165) is 9.86 Å². The average Bonchev–Trinajstić information content (AvgIpc) is 2.68. The zero-order valence-corrected chi connectivity index (χ0v) is 11.4. The van der Waals surface area contributed by atoms with Gasteiger partial charge in [-0.2, -0.15) is 0 Å². The van der Waals surface area contributed by atoms with E-state index in [1.54, 1.807) is 6.07 Å². The predicted octanol–water partition coefficient (Wildman–Crippen LogP) is 2.98. The van der Waals surface area contributed by atoms with Crippen LogP contribution in [0.4, 0.5) is 0 Å². The van der Waals surface area contributed by atoms with Crippen LogP contribution >= 0.6 is 15.9 Å². The molecule has 1 aromatic carbocycles. The van der Waals surface area contributed by atoms with E-state index in [0.29, 0.717) is 11.3 Å². The summed E-state index contributed by atoms with van der Waals surface area (Å²) in [6.07, 6.45) is 0. The van der Waals surface area contributed by atoms with Gasteiger partial charge in [0.2, 0.25) is 0 Å². The molecule has 0 unspecified atom stereocenters. The molecule has 3 nitrogen and oxygen atoms in total. The molecule has 80 valence electrons. The summed E-state index contributed by atoms with van der Waals surface area (Å²) in [4.78, 5) is 13.6. The second kappa shape index (κ2) is 4.84. The normalized spacial score (nSPS) is 10.2. The summed E-state index contributed by atoms with van der Waals surface area (Å²) in [5.41, 5.74) is 0.691. The summed E-state index contributed by atoms with van der Waals surface area (Å²) >= 11 is 3.06. The van der Waals surface area contributed by atoms with Crippen LogP contribution in [0.2, 0.25) is 5.32 Å². The number of hydrogen-bond acceptors (Lipinski definition) is 3. The van der Waals surface area contributed by atoms with Crippen molar-refractivity contribution in [2.24, 2.45) is 0 Å². The average molecular weight is 343 g/mol. The van der Waals surface area contributed by atoms with Crippen molar-refractivity contribution in [3.8, 4) is 4.97 Å². The van der Waals surface area contributed by atoms with Crippen LogP contribution in [0.25, 0.3) is 11.0 Å². The summed E-state index contributed by atoms with van der Waals surface area (Å²) in [5, 5.41) is 9.59. The van der Waals surface area contributed by atoms with Gasteiger partial charge in [0.15, 0.2) is 0 Å². The third kappa shape index (κ3) is 2.35. The summed E-state index contributed by atoms with van der Waals surface area (Å²) in [5.74, 6) is 0.235. The Kier molecular flexibility index (Phi) is 3.45. The molecule has 1 aromatic heterocycles. The van der Waals surface area contributed by atoms with Crippen molar-refractivity contribution in [1.29, 1.82) is 5.26 Å². The van der Waals surface area contributed by atoms with Crippen molar-refractivity contribution < 1.29 is 9.21 Å². The number of fused-ring (bicyclic) bond motifs is 1. The fraction of sp³-hybridized carbons (Fsp3) is 0.0909. The number of furan rings is 1. The number of halogens is 1. The van der Waals surface area contributed by atoms with E-state index in [-0.39, 0.29) is 26.1 Å². The molecule has 0 amide bonds. The Hall–Kier alpha value is -1.08. The third-order valence-electron chi connectivity index (χ3n) is 2.02. The van der Waals surface area contributed by atoms with E-state index in [9.17, 15) is 4.79 Å². The van der Waals surface area contributed by atoms with Gasteiger partial charge in [-0.3, -0.25) is 0 Å². The molecule has 0 atom stereocenters. The van der Waals surface area contributed by atoms with E-state index in [4.69, 9.17) is 9.68 Å². The number of rotatable bonds is 3. The molecule has 16 heavy (non-hydrogen) atoms. The van der Waals surface area contributed by atoms with Gasteiger partial charge in [-0.05, 0) is 0 Å². The second-order valence-electron chi connectivity index (χ2n) is 3.10. The first-order valence-corrected chi connectivity index (χ1v) is 7.30. The topological polar surface area (TPSA) is 54.0 Å². The molecule has 5 heteroatoms. The molecule has 1 heterocycles. The van der Waals surface area contributed by atoms with Gasteiger partial charge < -0.3 is 0 Å². The molecule has 0 aliphatic rings. The first-order valence-electron chi connectivity index (χ1n) is 4.44. The van der Waals surface area contributed by atoms with Gasteiger partial charge in [-0.25, -0.2) is 0 Å². The van der Waals surface area contributed by atoms with Crippen molar-refractivity contribution in [3.05, 3.63) is 34.5 Å². The number of nitrogens with zero attached hydrogens (tertiary/aromatic N) is 1. The van der Waals surface area contributed by atoms with Gasteiger partial charge in [0.1, 0.15) is 0 Å². The number of hydrogen-bond donors (Lipinski definition) is 0. The first-order chi connectivity index (χ1) is 7.70. The molecule has 0 saturated heterocycles. The Balaban J connectivity index is 2.33. The Morgan fingerprint density at radius 3 is 3.06 bits per heavy atom. The zero-order valence-electron chi connectivity index (χ0n) is 8.07. The van der Waals surface area contributed by atoms with Crippen LogP contribution in [0.3, 0.4) is 0 Å². The molecule has 0 spiro atoms. The summed E-state index contributed by atoms with van der Waals surface area (Å²) in [6.45, 7) is 0. The van der Waals surface area contributed by atoms with Crippen LogP contribution < -0.4 is 0 Å². The van der Waals surface area contributed by atoms with Gasteiger partial charge in [0, 0.05) is 0 Å². The minimum absolute atomic E-state index is 0.103. The van der Waals surface area contributed by atoms with Crippen molar-refractivity contribution >= 4 is 47.6 Å².